The molecular weight excluding hydrogens is 260 g/mol. The van der Waals surface area contributed by atoms with Crippen LogP contribution in [-0.2, 0) is 11.2 Å². The van der Waals surface area contributed by atoms with E-state index in [4.69, 9.17) is 4.74 Å². The zero-order valence-corrected chi connectivity index (χ0v) is 12.3. The van der Waals surface area contributed by atoms with Gasteiger partial charge in [-0.1, -0.05) is 42.5 Å². The molecule has 1 heterocycles. The molecule has 0 spiro atoms. The first-order valence-electron chi connectivity index (χ1n) is 8.01. The van der Waals surface area contributed by atoms with Gasteiger partial charge in [0.15, 0.2) is 0 Å². The summed E-state index contributed by atoms with van der Waals surface area (Å²) in [5.41, 5.74) is 1.27. The van der Waals surface area contributed by atoms with Gasteiger partial charge in [-0.25, -0.2) is 0 Å². The molecule has 1 saturated heterocycles. The summed E-state index contributed by atoms with van der Waals surface area (Å²) in [5.74, 6) is 0.676. The van der Waals surface area contributed by atoms with E-state index in [2.05, 4.69) is 42.5 Å². The van der Waals surface area contributed by atoms with Crippen molar-refractivity contribution >= 4 is 10.8 Å². The molecule has 2 unspecified atom stereocenters. The molecule has 0 bridgehead atoms. The van der Waals surface area contributed by atoms with E-state index in [1.807, 2.05) is 0 Å². The molecule has 2 heteroatoms. The standard InChI is InChI=1S/C19H22O2/c20-13-19(10-11-21-18(19)15-8-9-15)12-16-6-3-5-14-4-1-2-7-17(14)16/h1-7,15,18,20H,8-13H2. The van der Waals surface area contributed by atoms with Crippen molar-refractivity contribution in [2.75, 3.05) is 13.2 Å². The van der Waals surface area contributed by atoms with E-state index in [9.17, 15) is 5.11 Å². The Labute approximate surface area is 125 Å². The molecule has 1 aliphatic heterocycles. The monoisotopic (exact) mass is 282 g/mol. The minimum absolute atomic E-state index is 0.0781. The number of rotatable bonds is 4. The first-order chi connectivity index (χ1) is 10.3. The lowest BCUT2D eigenvalue weighted by Gasteiger charge is -2.33. The van der Waals surface area contributed by atoms with Crippen molar-refractivity contribution in [3.8, 4) is 0 Å². The second-order valence-electron chi connectivity index (χ2n) is 6.71. The third kappa shape index (κ3) is 2.27. The highest BCUT2D eigenvalue weighted by Crippen LogP contribution is 2.49. The molecule has 1 N–H and O–H groups in total. The first kappa shape index (κ1) is 13.3. The summed E-state index contributed by atoms with van der Waals surface area (Å²) in [7, 11) is 0. The molecule has 0 aromatic heterocycles. The lowest BCUT2D eigenvalue weighted by Crippen LogP contribution is -2.38. The van der Waals surface area contributed by atoms with Crippen molar-refractivity contribution in [3.63, 3.8) is 0 Å². The van der Waals surface area contributed by atoms with Crippen LogP contribution in [0, 0.1) is 11.3 Å². The highest BCUT2D eigenvalue weighted by Gasteiger charge is 2.50. The highest BCUT2D eigenvalue weighted by atomic mass is 16.5. The smallest absolute Gasteiger partial charge is 0.0685 e. The molecular formula is C19H22O2. The Hall–Kier alpha value is -1.38. The lowest BCUT2D eigenvalue weighted by molar-refractivity contribution is 0.000752. The lowest BCUT2D eigenvalue weighted by atomic mass is 9.74. The van der Waals surface area contributed by atoms with Gasteiger partial charge < -0.3 is 9.84 Å². The normalized spacial score (nSPS) is 29.1. The van der Waals surface area contributed by atoms with Gasteiger partial charge in [0.05, 0.1) is 12.7 Å². The minimum Gasteiger partial charge on any atom is -0.396 e. The summed E-state index contributed by atoms with van der Waals surface area (Å²) in [6.07, 6.45) is 4.69. The van der Waals surface area contributed by atoms with Crippen molar-refractivity contribution in [1.29, 1.82) is 0 Å². The van der Waals surface area contributed by atoms with Gasteiger partial charge in [-0.2, -0.15) is 0 Å². The zero-order chi connectivity index (χ0) is 14.3. The van der Waals surface area contributed by atoms with E-state index >= 15 is 0 Å². The highest BCUT2D eigenvalue weighted by molar-refractivity contribution is 5.85. The predicted molar refractivity (Wildman–Crippen MR) is 84.3 cm³/mol. The Bertz CT molecular complexity index is 642. The van der Waals surface area contributed by atoms with Crippen LogP contribution in [0.1, 0.15) is 24.8 Å². The Balaban J connectivity index is 1.72. The van der Waals surface area contributed by atoms with Crippen molar-refractivity contribution < 1.29 is 9.84 Å². The van der Waals surface area contributed by atoms with Crippen LogP contribution < -0.4 is 0 Å². The Morgan fingerprint density at radius 2 is 1.90 bits per heavy atom. The van der Waals surface area contributed by atoms with Crippen LogP contribution in [0.15, 0.2) is 42.5 Å². The second-order valence-corrected chi connectivity index (χ2v) is 6.71. The van der Waals surface area contributed by atoms with Crippen LogP contribution in [0.2, 0.25) is 0 Å². The topological polar surface area (TPSA) is 29.5 Å². The van der Waals surface area contributed by atoms with E-state index in [1.165, 1.54) is 29.2 Å². The molecule has 21 heavy (non-hydrogen) atoms. The van der Waals surface area contributed by atoms with Crippen molar-refractivity contribution in [3.05, 3.63) is 48.0 Å². The summed E-state index contributed by atoms with van der Waals surface area (Å²) in [6.45, 7) is 1.03. The molecule has 2 fully saturated rings. The molecule has 2 aromatic rings. The molecule has 2 aromatic carbocycles. The predicted octanol–water partition coefficient (Wildman–Crippen LogP) is 3.56. The molecule has 0 radical (unpaired) electrons. The van der Waals surface area contributed by atoms with Gasteiger partial charge in [-0.3, -0.25) is 0 Å². The quantitative estimate of drug-likeness (QED) is 0.929. The van der Waals surface area contributed by atoms with E-state index in [-0.39, 0.29) is 18.1 Å². The molecule has 1 aliphatic carbocycles. The maximum absolute atomic E-state index is 10.1. The number of aliphatic hydroxyl groups excluding tert-OH is 1. The molecule has 2 atom stereocenters. The van der Waals surface area contributed by atoms with Gasteiger partial charge in [0.2, 0.25) is 0 Å². The fourth-order valence-electron chi connectivity index (χ4n) is 3.98. The number of fused-ring (bicyclic) bond motifs is 1. The van der Waals surface area contributed by atoms with Gasteiger partial charge in [-0.15, -0.1) is 0 Å². The molecule has 1 saturated carbocycles. The summed E-state index contributed by atoms with van der Waals surface area (Å²) in [4.78, 5) is 0. The fraction of sp³-hybridized carbons (Fsp3) is 0.474. The first-order valence-corrected chi connectivity index (χ1v) is 8.01. The summed E-state index contributed by atoms with van der Waals surface area (Å²) >= 11 is 0. The molecule has 2 nitrogen and oxygen atoms in total. The Kier molecular flexibility index (Phi) is 3.24. The van der Waals surface area contributed by atoms with Gasteiger partial charge in [0, 0.05) is 12.0 Å². The van der Waals surface area contributed by atoms with E-state index < -0.39 is 0 Å². The molecule has 0 amide bonds. The average Bonchev–Trinajstić information content (AvgIpc) is 3.29. The summed E-state index contributed by atoms with van der Waals surface area (Å²) in [6, 6.07) is 15.0. The average molecular weight is 282 g/mol. The van der Waals surface area contributed by atoms with E-state index in [0.29, 0.717) is 5.92 Å². The number of hydrogen-bond donors (Lipinski definition) is 1. The van der Waals surface area contributed by atoms with Crippen LogP contribution in [0.25, 0.3) is 10.8 Å². The van der Waals surface area contributed by atoms with Gasteiger partial charge in [-0.05, 0) is 47.9 Å². The molecule has 2 aliphatic rings. The Morgan fingerprint density at radius 3 is 2.71 bits per heavy atom. The number of aliphatic hydroxyl groups is 1. The van der Waals surface area contributed by atoms with Crippen LogP contribution in [0.5, 0.6) is 0 Å². The maximum atomic E-state index is 10.1. The number of hydrogen-bond acceptors (Lipinski definition) is 2. The zero-order valence-electron chi connectivity index (χ0n) is 12.3. The summed E-state index contributed by atoms with van der Waals surface area (Å²) < 4.78 is 6.01. The molecule has 4 rings (SSSR count). The van der Waals surface area contributed by atoms with Crippen molar-refractivity contribution in [2.45, 2.75) is 31.8 Å². The second kappa shape index (κ2) is 5.11. The van der Waals surface area contributed by atoms with Gasteiger partial charge in [0.1, 0.15) is 0 Å². The van der Waals surface area contributed by atoms with Crippen LogP contribution in [-0.4, -0.2) is 24.4 Å². The largest absolute Gasteiger partial charge is 0.396 e. The van der Waals surface area contributed by atoms with Crippen LogP contribution >= 0.6 is 0 Å². The minimum atomic E-state index is -0.0781. The van der Waals surface area contributed by atoms with E-state index in [1.54, 1.807) is 0 Å². The molecule has 110 valence electrons. The van der Waals surface area contributed by atoms with Crippen molar-refractivity contribution in [1.82, 2.24) is 0 Å². The van der Waals surface area contributed by atoms with Gasteiger partial charge >= 0.3 is 0 Å². The number of ether oxygens (including phenoxy) is 1. The Morgan fingerprint density at radius 1 is 1.10 bits per heavy atom. The SMILES string of the molecule is OCC1(Cc2cccc3ccccc23)CCOC1C1CC1. The maximum Gasteiger partial charge on any atom is 0.0685 e. The number of benzene rings is 2. The van der Waals surface area contributed by atoms with Gasteiger partial charge in [0.25, 0.3) is 0 Å². The summed E-state index contributed by atoms with van der Waals surface area (Å²) in [5, 5.41) is 12.7. The van der Waals surface area contributed by atoms with Crippen LogP contribution in [0.4, 0.5) is 0 Å². The van der Waals surface area contributed by atoms with E-state index in [0.717, 1.165) is 19.4 Å². The third-order valence-corrected chi connectivity index (χ3v) is 5.29. The third-order valence-electron chi connectivity index (χ3n) is 5.29. The fourth-order valence-corrected chi connectivity index (χ4v) is 3.98. The van der Waals surface area contributed by atoms with Crippen molar-refractivity contribution in [2.24, 2.45) is 11.3 Å². The van der Waals surface area contributed by atoms with Crippen LogP contribution in [0.3, 0.4) is 0 Å².